The fourth-order valence-electron chi connectivity index (χ4n) is 4.60. The van der Waals surface area contributed by atoms with Crippen molar-refractivity contribution in [1.29, 1.82) is 0 Å². The lowest BCUT2D eigenvalue weighted by Crippen LogP contribution is -2.61. The summed E-state index contributed by atoms with van der Waals surface area (Å²) >= 11 is 1.24. The third-order valence-electron chi connectivity index (χ3n) is 6.38. The molecule has 2 aromatic rings. The highest BCUT2D eigenvalue weighted by atomic mass is 32.1. The number of rotatable bonds is 4. The van der Waals surface area contributed by atoms with Crippen LogP contribution in [0, 0.1) is 12.8 Å². The van der Waals surface area contributed by atoms with Gasteiger partial charge in [-0.2, -0.15) is 0 Å². The maximum atomic E-state index is 13.5. The molecule has 4 rings (SSSR count). The molecule has 5 nitrogen and oxygen atoms in total. The number of morpholine rings is 1. The van der Waals surface area contributed by atoms with Gasteiger partial charge in [0.25, 0.3) is 5.91 Å². The van der Waals surface area contributed by atoms with Crippen LogP contribution in [0.1, 0.15) is 61.2 Å². The summed E-state index contributed by atoms with van der Waals surface area (Å²) in [5, 5.41) is 9.95. The average molecular weight is 428 g/mol. The minimum absolute atomic E-state index is 0.121. The first-order valence-electron chi connectivity index (χ1n) is 10.7. The summed E-state index contributed by atoms with van der Waals surface area (Å²) in [5.41, 5.74) is 1.66. The number of thiophene rings is 1. The van der Waals surface area contributed by atoms with E-state index in [-0.39, 0.29) is 16.8 Å². The van der Waals surface area contributed by atoms with Gasteiger partial charge >= 0.3 is 5.97 Å². The number of aromatic carboxylic acids is 1. The molecule has 6 heteroatoms. The number of anilines is 1. The normalized spacial score (nSPS) is 22.3. The zero-order valence-electron chi connectivity index (χ0n) is 17.8. The van der Waals surface area contributed by atoms with E-state index in [1.165, 1.54) is 17.8 Å². The Labute approximate surface area is 181 Å². The van der Waals surface area contributed by atoms with Crippen molar-refractivity contribution in [3.05, 3.63) is 40.8 Å². The molecule has 1 aliphatic heterocycles. The first-order valence-corrected chi connectivity index (χ1v) is 11.5. The maximum Gasteiger partial charge on any atom is 0.348 e. The van der Waals surface area contributed by atoms with Crippen LogP contribution in [0.4, 0.5) is 5.69 Å². The monoisotopic (exact) mass is 427 g/mol. The largest absolute Gasteiger partial charge is 0.477 e. The summed E-state index contributed by atoms with van der Waals surface area (Å²) < 4.78 is 5.96. The molecule has 0 bridgehead atoms. The fourth-order valence-corrected chi connectivity index (χ4v) is 5.59. The molecule has 1 amide bonds. The van der Waals surface area contributed by atoms with E-state index in [1.807, 2.05) is 37.3 Å². The van der Waals surface area contributed by atoms with Crippen LogP contribution in [-0.2, 0) is 9.53 Å². The lowest BCUT2D eigenvalue weighted by molar-refractivity contribution is -0.149. The van der Waals surface area contributed by atoms with Crippen molar-refractivity contribution in [2.24, 2.45) is 5.92 Å². The highest BCUT2D eigenvalue weighted by molar-refractivity contribution is 7.18. The molecule has 0 radical (unpaired) electrons. The minimum atomic E-state index is -0.993. The molecule has 1 aromatic heterocycles. The number of hydrogen-bond acceptors (Lipinski definition) is 4. The van der Waals surface area contributed by atoms with E-state index in [9.17, 15) is 14.7 Å². The summed E-state index contributed by atoms with van der Waals surface area (Å²) in [6.07, 6.45) is 5.62. The van der Waals surface area contributed by atoms with Crippen LogP contribution in [0.2, 0.25) is 0 Å². The van der Waals surface area contributed by atoms with Gasteiger partial charge in [0.1, 0.15) is 10.5 Å². The Hall–Kier alpha value is -2.18. The minimum Gasteiger partial charge on any atom is -0.477 e. The van der Waals surface area contributed by atoms with Crippen molar-refractivity contribution >= 4 is 28.9 Å². The highest BCUT2D eigenvalue weighted by Gasteiger charge is 2.46. The standard InChI is InChI=1S/C24H29NO4S/c1-15-9-11-17(12-10-15)20-13-18(21(30-20)22(26)27)25-19(16-7-5-4-6-8-16)14-29-24(2,3)23(25)28/h9-13,16,19H,4-8,14H2,1-3H3,(H,26,27)/t19-/m0/s1. The molecule has 2 fully saturated rings. The summed E-state index contributed by atoms with van der Waals surface area (Å²) in [7, 11) is 0. The van der Waals surface area contributed by atoms with Crippen LogP contribution < -0.4 is 4.90 Å². The van der Waals surface area contributed by atoms with Crippen molar-refractivity contribution < 1.29 is 19.4 Å². The number of carbonyl (C=O) groups excluding carboxylic acids is 1. The van der Waals surface area contributed by atoms with Crippen LogP contribution >= 0.6 is 11.3 Å². The van der Waals surface area contributed by atoms with Gasteiger partial charge in [-0.05, 0) is 51.2 Å². The molecule has 1 aliphatic carbocycles. The fraction of sp³-hybridized carbons (Fsp3) is 0.500. The van der Waals surface area contributed by atoms with Crippen LogP contribution in [0.5, 0.6) is 0 Å². The van der Waals surface area contributed by atoms with Gasteiger partial charge in [-0.15, -0.1) is 11.3 Å². The third-order valence-corrected chi connectivity index (χ3v) is 7.54. The topological polar surface area (TPSA) is 66.8 Å². The van der Waals surface area contributed by atoms with Gasteiger partial charge in [-0.25, -0.2) is 4.79 Å². The second-order valence-corrected chi connectivity index (χ2v) is 10.0. The smallest absolute Gasteiger partial charge is 0.348 e. The number of carboxylic acid groups (broad SMARTS) is 1. The Morgan fingerprint density at radius 3 is 2.47 bits per heavy atom. The number of nitrogens with zero attached hydrogens (tertiary/aromatic N) is 1. The second-order valence-electron chi connectivity index (χ2n) is 8.96. The third kappa shape index (κ3) is 3.91. The molecule has 30 heavy (non-hydrogen) atoms. The van der Waals surface area contributed by atoms with Gasteiger partial charge in [-0.3, -0.25) is 4.79 Å². The van der Waals surface area contributed by atoms with Gasteiger partial charge in [0.05, 0.1) is 18.3 Å². The van der Waals surface area contributed by atoms with Crippen molar-refractivity contribution in [3.63, 3.8) is 0 Å². The first-order chi connectivity index (χ1) is 14.3. The summed E-state index contributed by atoms with van der Waals surface area (Å²) in [6.45, 7) is 6.01. The summed E-state index contributed by atoms with van der Waals surface area (Å²) in [5.74, 6) is -0.809. The van der Waals surface area contributed by atoms with Crippen molar-refractivity contribution in [2.75, 3.05) is 11.5 Å². The summed E-state index contributed by atoms with van der Waals surface area (Å²) in [6, 6.07) is 9.80. The molecule has 0 spiro atoms. The molecule has 1 saturated carbocycles. The SMILES string of the molecule is Cc1ccc(-c2cc(N3C(=O)C(C)(C)OC[C@H]3C3CCCCC3)c(C(=O)O)s2)cc1. The van der Waals surface area contributed by atoms with Crippen molar-refractivity contribution in [2.45, 2.75) is 64.5 Å². The molecule has 1 atom stereocenters. The van der Waals surface area contributed by atoms with E-state index in [1.54, 1.807) is 18.7 Å². The molecular weight excluding hydrogens is 398 g/mol. The van der Waals surface area contributed by atoms with E-state index in [2.05, 4.69) is 0 Å². The number of amides is 1. The van der Waals surface area contributed by atoms with E-state index >= 15 is 0 Å². The Morgan fingerprint density at radius 2 is 1.83 bits per heavy atom. The average Bonchev–Trinajstić information content (AvgIpc) is 3.16. The lowest BCUT2D eigenvalue weighted by atomic mass is 9.82. The Balaban J connectivity index is 1.80. The Bertz CT molecular complexity index is 941. The van der Waals surface area contributed by atoms with E-state index in [4.69, 9.17) is 4.74 Å². The predicted molar refractivity (Wildman–Crippen MR) is 119 cm³/mol. The molecule has 160 valence electrons. The Kier molecular flexibility index (Phi) is 5.73. The van der Waals surface area contributed by atoms with Gasteiger partial charge in [0.2, 0.25) is 0 Å². The number of hydrogen-bond donors (Lipinski definition) is 1. The number of benzene rings is 1. The second kappa shape index (κ2) is 8.16. The van der Waals surface area contributed by atoms with E-state index in [0.717, 1.165) is 41.7 Å². The van der Waals surface area contributed by atoms with Gasteiger partial charge < -0.3 is 14.7 Å². The van der Waals surface area contributed by atoms with Gasteiger partial charge in [-0.1, -0.05) is 49.1 Å². The molecule has 2 aliphatic rings. The number of aryl methyl sites for hydroxylation is 1. The zero-order valence-corrected chi connectivity index (χ0v) is 18.6. The predicted octanol–water partition coefficient (Wildman–Crippen LogP) is 5.51. The summed E-state index contributed by atoms with van der Waals surface area (Å²) in [4.78, 5) is 28.5. The number of ether oxygens (including phenoxy) is 1. The molecule has 1 aromatic carbocycles. The van der Waals surface area contributed by atoms with Crippen LogP contribution in [0.3, 0.4) is 0 Å². The van der Waals surface area contributed by atoms with Crippen LogP contribution in [0.15, 0.2) is 30.3 Å². The molecule has 0 unspecified atom stereocenters. The van der Waals surface area contributed by atoms with Crippen LogP contribution in [0.25, 0.3) is 10.4 Å². The molecule has 1 saturated heterocycles. The quantitative estimate of drug-likeness (QED) is 0.698. The first kappa shape index (κ1) is 21.1. The lowest BCUT2D eigenvalue weighted by Gasteiger charge is -2.46. The van der Waals surface area contributed by atoms with Gasteiger partial charge in [0.15, 0.2) is 0 Å². The zero-order chi connectivity index (χ0) is 21.5. The Morgan fingerprint density at radius 1 is 1.17 bits per heavy atom. The van der Waals surface area contributed by atoms with Gasteiger partial charge in [0, 0.05) is 4.88 Å². The number of carbonyl (C=O) groups is 2. The highest BCUT2D eigenvalue weighted by Crippen LogP contribution is 2.43. The van der Waals surface area contributed by atoms with Crippen molar-refractivity contribution in [1.82, 2.24) is 0 Å². The molecule has 1 N–H and O–H groups in total. The van der Waals surface area contributed by atoms with Crippen molar-refractivity contribution in [3.8, 4) is 10.4 Å². The van der Waals surface area contributed by atoms with Crippen LogP contribution in [-0.4, -0.2) is 35.2 Å². The maximum absolute atomic E-state index is 13.5. The van der Waals surface area contributed by atoms with E-state index < -0.39 is 11.6 Å². The van der Waals surface area contributed by atoms with E-state index in [0.29, 0.717) is 18.2 Å². The number of carboxylic acids is 1. The molecular formula is C24H29NO4S. The molecule has 2 heterocycles.